The first-order valence-electron chi connectivity index (χ1n) is 11.8. The van der Waals surface area contributed by atoms with Crippen LogP contribution in [-0.4, -0.2) is 59.3 Å². The SMILES string of the molecule is O=C1Nc2ccccc2C(c2ccccc2)=N[C@@H]1Nc1nnc(-c2ncc(Br)cc2N2CCOCC2)o1. The highest BCUT2D eigenvalue weighted by Gasteiger charge is 2.28. The molecule has 4 heterocycles. The number of para-hydroxylation sites is 1. The van der Waals surface area contributed by atoms with Gasteiger partial charge in [0.25, 0.3) is 11.8 Å². The zero-order chi connectivity index (χ0) is 25.2. The molecule has 186 valence electrons. The molecule has 2 aliphatic rings. The fraction of sp³-hybridized carbons (Fsp3) is 0.192. The van der Waals surface area contributed by atoms with Crippen LogP contribution < -0.4 is 15.5 Å². The molecule has 1 amide bonds. The van der Waals surface area contributed by atoms with Gasteiger partial charge in [0.05, 0.1) is 30.3 Å². The minimum absolute atomic E-state index is 0.0647. The van der Waals surface area contributed by atoms with E-state index in [4.69, 9.17) is 14.1 Å². The number of halogens is 1. The van der Waals surface area contributed by atoms with E-state index in [-0.39, 0.29) is 17.8 Å². The van der Waals surface area contributed by atoms with Crippen LogP contribution in [0.2, 0.25) is 0 Å². The number of carbonyl (C=O) groups excluding carboxylic acids is 1. The number of carbonyl (C=O) groups is 1. The van der Waals surface area contributed by atoms with Crippen LogP contribution in [0.25, 0.3) is 11.6 Å². The van der Waals surface area contributed by atoms with Gasteiger partial charge >= 0.3 is 6.01 Å². The zero-order valence-corrected chi connectivity index (χ0v) is 21.2. The quantitative estimate of drug-likeness (QED) is 0.377. The Morgan fingerprint density at radius 1 is 1.03 bits per heavy atom. The number of nitrogens with zero attached hydrogens (tertiary/aromatic N) is 5. The monoisotopic (exact) mass is 559 g/mol. The summed E-state index contributed by atoms with van der Waals surface area (Å²) in [4.78, 5) is 24.6. The lowest BCUT2D eigenvalue weighted by Crippen LogP contribution is -2.36. The van der Waals surface area contributed by atoms with Crippen LogP contribution in [0.1, 0.15) is 11.1 Å². The Morgan fingerprint density at radius 2 is 1.81 bits per heavy atom. The maximum atomic E-state index is 13.1. The van der Waals surface area contributed by atoms with E-state index in [1.165, 1.54) is 0 Å². The van der Waals surface area contributed by atoms with Gasteiger partial charge < -0.3 is 24.7 Å². The standard InChI is InChI=1S/C26H22BrN7O3/c27-17-14-20(34-10-12-36-13-11-34)22(28-15-17)25-32-33-26(37-25)31-23-24(35)29-19-9-5-4-8-18(19)21(30-23)16-6-2-1-3-7-16/h1-9,14-15,23H,10-13H2,(H,29,35)(H,31,33)/t23-/m1/s1. The van der Waals surface area contributed by atoms with Crippen LogP contribution in [0.15, 0.2) is 80.7 Å². The molecule has 0 spiro atoms. The molecular weight excluding hydrogens is 538 g/mol. The maximum absolute atomic E-state index is 13.1. The maximum Gasteiger partial charge on any atom is 0.317 e. The molecular formula is C26H22BrN7O3. The Labute approximate surface area is 220 Å². The molecule has 2 aromatic carbocycles. The number of benzodiazepines with no additional fused rings is 1. The second-order valence-electron chi connectivity index (χ2n) is 8.46. The molecule has 6 rings (SSSR count). The summed E-state index contributed by atoms with van der Waals surface area (Å²) in [6.07, 6.45) is 0.690. The van der Waals surface area contributed by atoms with Crippen molar-refractivity contribution in [3.05, 3.63) is 82.5 Å². The van der Waals surface area contributed by atoms with Crippen molar-refractivity contribution in [3.8, 4) is 11.6 Å². The van der Waals surface area contributed by atoms with E-state index in [0.717, 1.165) is 34.4 Å². The Morgan fingerprint density at radius 3 is 2.65 bits per heavy atom. The molecule has 0 aliphatic carbocycles. The van der Waals surface area contributed by atoms with Gasteiger partial charge in [-0.15, -0.1) is 5.10 Å². The molecule has 0 radical (unpaired) electrons. The van der Waals surface area contributed by atoms with Crippen molar-refractivity contribution < 1.29 is 13.9 Å². The van der Waals surface area contributed by atoms with Crippen LogP contribution in [0.4, 0.5) is 17.4 Å². The molecule has 1 atom stereocenters. The lowest BCUT2D eigenvalue weighted by atomic mass is 10.0. The van der Waals surface area contributed by atoms with E-state index in [9.17, 15) is 4.79 Å². The normalized spacial score (nSPS) is 17.4. The second kappa shape index (κ2) is 10.1. The van der Waals surface area contributed by atoms with E-state index >= 15 is 0 Å². The highest BCUT2D eigenvalue weighted by molar-refractivity contribution is 9.10. The number of pyridine rings is 1. The Balaban J connectivity index is 1.32. The highest BCUT2D eigenvalue weighted by atomic mass is 79.9. The van der Waals surface area contributed by atoms with E-state index in [1.54, 1.807) is 6.20 Å². The number of rotatable bonds is 5. The molecule has 2 aromatic heterocycles. The predicted octanol–water partition coefficient (Wildman–Crippen LogP) is 3.96. The van der Waals surface area contributed by atoms with Gasteiger partial charge in [-0.25, -0.2) is 9.98 Å². The van der Waals surface area contributed by atoms with Crippen LogP contribution in [0.5, 0.6) is 0 Å². The van der Waals surface area contributed by atoms with Crippen LogP contribution in [0, 0.1) is 0 Å². The molecule has 11 heteroatoms. The van der Waals surface area contributed by atoms with Gasteiger partial charge in [-0.1, -0.05) is 53.6 Å². The first-order valence-corrected chi connectivity index (χ1v) is 12.6. The van der Waals surface area contributed by atoms with Crippen LogP contribution in [0.3, 0.4) is 0 Å². The van der Waals surface area contributed by atoms with Crippen molar-refractivity contribution >= 4 is 44.9 Å². The van der Waals surface area contributed by atoms with Gasteiger partial charge in [-0.05, 0) is 28.1 Å². The third-order valence-corrected chi connectivity index (χ3v) is 6.50. The van der Waals surface area contributed by atoms with E-state index in [2.05, 4.69) is 46.6 Å². The number of aliphatic imine (C=N–C) groups is 1. The molecule has 1 fully saturated rings. The summed E-state index contributed by atoms with van der Waals surface area (Å²) in [5.74, 6) is -0.102. The number of anilines is 3. The first kappa shape index (κ1) is 23.3. The number of hydrogen-bond acceptors (Lipinski definition) is 9. The number of aromatic nitrogens is 3. The van der Waals surface area contributed by atoms with Gasteiger partial charge in [0.1, 0.15) is 0 Å². The van der Waals surface area contributed by atoms with Gasteiger partial charge in [0.15, 0.2) is 5.69 Å². The van der Waals surface area contributed by atoms with Crippen molar-refractivity contribution in [1.29, 1.82) is 0 Å². The van der Waals surface area contributed by atoms with Gasteiger partial charge in [-0.3, -0.25) is 4.79 Å². The number of benzene rings is 2. The Kier molecular flexibility index (Phi) is 6.37. The van der Waals surface area contributed by atoms with Crippen LogP contribution >= 0.6 is 15.9 Å². The number of fused-ring (bicyclic) bond motifs is 1. The lowest BCUT2D eigenvalue weighted by Gasteiger charge is -2.29. The predicted molar refractivity (Wildman–Crippen MR) is 143 cm³/mol. The van der Waals surface area contributed by atoms with Gasteiger partial charge in [-0.2, -0.15) is 0 Å². The molecule has 10 nitrogen and oxygen atoms in total. The average Bonchev–Trinajstić information content (AvgIpc) is 3.35. The van der Waals surface area contributed by atoms with Crippen molar-refractivity contribution in [3.63, 3.8) is 0 Å². The summed E-state index contributed by atoms with van der Waals surface area (Å²) >= 11 is 3.50. The average molecular weight is 560 g/mol. The fourth-order valence-electron chi connectivity index (χ4n) is 4.31. The minimum Gasteiger partial charge on any atom is -0.402 e. The smallest absolute Gasteiger partial charge is 0.317 e. The summed E-state index contributed by atoms with van der Waals surface area (Å²) in [5.41, 5.74) is 4.48. The zero-order valence-electron chi connectivity index (χ0n) is 19.6. The molecule has 2 N–H and O–H groups in total. The van der Waals surface area contributed by atoms with Crippen molar-refractivity contribution in [1.82, 2.24) is 15.2 Å². The van der Waals surface area contributed by atoms with Crippen molar-refractivity contribution in [2.24, 2.45) is 4.99 Å². The van der Waals surface area contributed by atoms with E-state index in [1.807, 2.05) is 60.7 Å². The summed E-state index contributed by atoms with van der Waals surface area (Å²) in [5, 5.41) is 14.3. The van der Waals surface area contributed by atoms with Crippen molar-refractivity contribution in [2.75, 3.05) is 41.8 Å². The van der Waals surface area contributed by atoms with Gasteiger partial charge in [0, 0.05) is 34.9 Å². The topological polar surface area (TPSA) is 118 Å². The summed E-state index contributed by atoms with van der Waals surface area (Å²) in [6.45, 7) is 2.71. The third kappa shape index (κ3) is 4.83. The molecule has 37 heavy (non-hydrogen) atoms. The molecule has 0 bridgehead atoms. The Hall–Kier alpha value is -4.09. The number of ether oxygens (including phenoxy) is 1. The fourth-order valence-corrected chi connectivity index (χ4v) is 4.63. The van der Waals surface area contributed by atoms with Crippen molar-refractivity contribution in [2.45, 2.75) is 6.17 Å². The minimum atomic E-state index is -0.993. The number of morpholine rings is 1. The van der Waals surface area contributed by atoms with Gasteiger partial charge in [0.2, 0.25) is 6.17 Å². The highest BCUT2D eigenvalue weighted by Crippen LogP contribution is 2.32. The molecule has 2 aliphatic heterocycles. The summed E-state index contributed by atoms with van der Waals surface area (Å²) in [6, 6.07) is 19.3. The molecule has 1 saturated heterocycles. The second-order valence-corrected chi connectivity index (χ2v) is 9.37. The molecule has 0 saturated carbocycles. The van der Waals surface area contributed by atoms with E-state index < -0.39 is 6.17 Å². The van der Waals surface area contributed by atoms with E-state index in [0.29, 0.717) is 30.3 Å². The number of hydrogen-bond donors (Lipinski definition) is 2. The summed E-state index contributed by atoms with van der Waals surface area (Å²) < 4.78 is 12.3. The lowest BCUT2D eigenvalue weighted by molar-refractivity contribution is -0.116. The molecule has 4 aromatic rings. The number of amides is 1. The largest absolute Gasteiger partial charge is 0.402 e. The third-order valence-electron chi connectivity index (χ3n) is 6.07. The number of nitrogens with one attached hydrogen (secondary N) is 2. The Bertz CT molecular complexity index is 1470. The first-order chi connectivity index (χ1) is 18.2. The van der Waals surface area contributed by atoms with Crippen LogP contribution in [-0.2, 0) is 9.53 Å². The summed E-state index contributed by atoms with van der Waals surface area (Å²) in [7, 11) is 0. The molecule has 0 unspecified atom stereocenters.